The monoisotopic (exact) mass is 505 g/mol. The van der Waals surface area contributed by atoms with E-state index in [1.165, 1.54) is 13.2 Å². The van der Waals surface area contributed by atoms with Crippen molar-refractivity contribution in [2.75, 3.05) is 40.0 Å². The van der Waals surface area contributed by atoms with Crippen LogP contribution in [0.25, 0.3) is 0 Å². The van der Waals surface area contributed by atoms with Crippen LogP contribution < -0.4 is 9.47 Å². The Morgan fingerprint density at radius 2 is 1.97 bits per heavy atom. The quantitative estimate of drug-likeness (QED) is 0.513. The van der Waals surface area contributed by atoms with E-state index in [1.807, 2.05) is 12.1 Å². The first-order valence-electron chi connectivity index (χ1n) is 12.4. The molecule has 0 saturated carbocycles. The zero-order valence-electron chi connectivity index (χ0n) is 20.2. The molecule has 36 heavy (non-hydrogen) atoms. The Labute approximate surface area is 208 Å². The molecule has 1 aliphatic carbocycles. The number of rotatable bonds is 6. The molecule has 2 heterocycles. The van der Waals surface area contributed by atoms with Gasteiger partial charge in [-0.25, -0.2) is 0 Å². The molecule has 2 aliphatic heterocycles. The Hall–Kier alpha value is -2.78. The lowest BCUT2D eigenvalue weighted by Gasteiger charge is -2.24. The first-order chi connectivity index (χ1) is 17.3. The van der Waals surface area contributed by atoms with Gasteiger partial charge in [-0.05, 0) is 48.1 Å². The van der Waals surface area contributed by atoms with Crippen LogP contribution >= 0.6 is 0 Å². The molecule has 0 amide bonds. The van der Waals surface area contributed by atoms with Gasteiger partial charge in [-0.1, -0.05) is 12.1 Å². The van der Waals surface area contributed by atoms with E-state index >= 15 is 0 Å². The maximum Gasteiger partial charge on any atom is 0.416 e. The van der Waals surface area contributed by atoms with Gasteiger partial charge in [0.2, 0.25) is 0 Å². The second kappa shape index (κ2) is 10.3. The molecule has 9 heteroatoms. The number of carbonyl (C=O) groups is 1. The van der Waals surface area contributed by atoms with E-state index in [0.29, 0.717) is 62.8 Å². The molecule has 0 N–H and O–H groups in total. The Bertz CT molecular complexity index is 1110. The molecule has 0 bridgehead atoms. The van der Waals surface area contributed by atoms with E-state index in [-0.39, 0.29) is 31.0 Å². The number of hydrogen-bond acceptors (Lipinski definition) is 6. The standard InChI is InChI=1S/C27H30F3NO5/c1-33-26(32)13-17-16-35-25-14-18(3-4-19(17)25)36-24-8-6-20-21(24)5-7-23(27(28,29)30)22(20)15-31-9-2-11-34-12-10-31/h3-5,7,14,17,24H,2,6,8-13,15-16H2,1H3/t17?,24-/m1/s1. The van der Waals surface area contributed by atoms with Gasteiger partial charge >= 0.3 is 12.1 Å². The molecule has 1 unspecified atom stereocenters. The first kappa shape index (κ1) is 24.9. The van der Waals surface area contributed by atoms with E-state index < -0.39 is 11.7 Å². The summed E-state index contributed by atoms with van der Waals surface area (Å²) in [4.78, 5) is 13.7. The first-order valence-corrected chi connectivity index (χ1v) is 12.4. The molecule has 0 radical (unpaired) electrons. The number of fused-ring (bicyclic) bond motifs is 2. The van der Waals surface area contributed by atoms with Crippen LogP contribution in [0.2, 0.25) is 0 Å². The Balaban J connectivity index is 1.37. The third-order valence-electron chi connectivity index (χ3n) is 7.26. The number of benzene rings is 2. The van der Waals surface area contributed by atoms with Crippen LogP contribution in [0.1, 0.15) is 59.1 Å². The van der Waals surface area contributed by atoms with Crippen molar-refractivity contribution < 1.29 is 36.9 Å². The van der Waals surface area contributed by atoms with Gasteiger partial charge in [-0.3, -0.25) is 9.69 Å². The maximum atomic E-state index is 13.9. The molecule has 1 fully saturated rings. The average molecular weight is 506 g/mol. The Kier molecular flexibility index (Phi) is 7.12. The van der Waals surface area contributed by atoms with E-state index in [2.05, 4.69) is 4.90 Å². The third kappa shape index (κ3) is 5.18. The van der Waals surface area contributed by atoms with Crippen LogP contribution in [-0.2, 0) is 33.4 Å². The summed E-state index contributed by atoms with van der Waals surface area (Å²) in [6.45, 7) is 3.15. The van der Waals surface area contributed by atoms with Gasteiger partial charge in [0.25, 0.3) is 0 Å². The van der Waals surface area contributed by atoms with Gasteiger partial charge in [0.1, 0.15) is 17.6 Å². The van der Waals surface area contributed by atoms with Gasteiger partial charge in [0, 0.05) is 43.8 Å². The lowest BCUT2D eigenvalue weighted by atomic mass is 9.96. The van der Waals surface area contributed by atoms with Crippen LogP contribution in [0.15, 0.2) is 30.3 Å². The predicted molar refractivity (Wildman–Crippen MR) is 125 cm³/mol. The molecule has 0 aromatic heterocycles. The number of ether oxygens (including phenoxy) is 4. The predicted octanol–water partition coefficient (Wildman–Crippen LogP) is 5.03. The van der Waals surface area contributed by atoms with Crippen LogP contribution in [0, 0.1) is 0 Å². The summed E-state index contributed by atoms with van der Waals surface area (Å²) in [6, 6.07) is 8.29. The molecule has 2 aromatic carbocycles. The molecule has 194 valence electrons. The Morgan fingerprint density at radius 3 is 2.78 bits per heavy atom. The summed E-state index contributed by atoms with van der Waals surface area (Å²) in [5, 5.41) is 0. The smallest absolute Gasteiger partial charge is 0.416 e. The number of esters is 1. The summed E-state index contributed by atoms with van der Waals surface area (Å²) in [5.41, 5.74) is 2.29. The van der Waals surface area contributed by atoms with E-state index in [4.69, 9.17) is 18.9 Å². The summed E-state index contributed by atoms with van der Waals surface area (Å²) < 4.78 is 64.1. The summed E-state index contributed by atoms with van der Waals surface area (Å²) in [6.07, 6.45) is -2.55. The second-order valence-electron chi connectivity index (χ2n) is 9.53. The lowest BCUT2D eigenvalue weighted by molar-refractivity contribution is -0.141. The number of methoxy groups -OCH3 is 1. The molecule has 5 rings (SSSR count). The van der Waals surface area contributed by atoms with Crippen molar-refractivity contribution in [1.29, 1.82) is 0 Å². The summed E-state index contributed by atoms with van der Waals surface area (Å²) in [7, 11) is 1.36. The molecule has 1 saturated heterocycles. The second-order valence-corrected chi connectivity index (χ2v) is 9.53. The SMILES string of the molecule is COC(=O)CC1COc2cc(O[C@@H]3CCc4c3ccc(C(F)(F)F)c4CN3CCCOCC3)ccc21. The molecule has 2 atom stereocenters. The third-order valence-corrected chi connectivity index (χ3v) is 7.26. The number of alkyl halides is 3. The zero-order chi connectivity index (χ0) is 25.3. The fourth-order valence-corrected chi connectivity index (χ4v) is 5.44. The van der Waals surface area contributed by atoms with Gasteiger partial charge in [0.05, 0.1) is 32.3 Å². The highest BCUT2D eigenvalue weighted by Crippen LogP contribution is 2.44. The topological polar surface area (TPSA) is 57.2 Å². The largest absolute Gasteiger partial charge is 0.492 e. The minimum absolute atomic E-state index is 0.0681. The van der Waals surface area contributed by atoms with E-state index in [1.54, 1.807) is 12.1 Å². The van der Waals surface area contributed by atoms with Crippen molar-refractivity contribution in [2.24, 2.45) is 0 Å². The van der Waals surface area contributed by atoms with Crippen molar-refractivity contribution in [3.05, 3.63) is 58.1 Å². The van der Waals surface area contributed by atoms with Crippen molar-refractivity contribution in [2.45, 2.75) is 50.4 Å². The van der Waals surface area contributed by atoms with Crippen LogP contribution in [0.3, 0.4) is 0 Å². The summed E-state index contributed by atoms with van der Waals surface area (Å²) >= 11 is 0. The van der Waals surface area contributed by atoms with E-state index in [9.17, 15) is 18.0 Å². The molecule has 0 spiro atoms. The van der Waals surface area contributed by atoms with Gasteiger partial charge in [-0.15, -0.1) is 0 Å². The van der Waals surface area contributed by atoms with Gasteiger partial charge in [0.15, 0.2) is 0 Å². The molecule has 2 aromatic rings. The number of carbonyl (C=O) groups excluding carboxylic acids is 1. The van der Waals surface area contributed by atoms with Crippen molar-refractivity contribution in [3.63, 3.8) is 0 Å². The van der Waals surface area contributed by atoms with Gasteiger partial charge < -0.3 is 18.9 Å². The highest BCUT2D eigenvalue weighted by atomic mass is 19.4. The number of halogens is 3. The fourth-order valence-electron chi connectivity index (χ4n) is 5.44. The summed E-state index contributed by atoms with van der Waals surface area (Å²) in [5.74, 6) is 0.898. The van der Waals surface area contributed by atoms with Crippen LogP contribution in [0.4, 0.5) is 13.2 Å². The average Bonchev–Trinajstić information content (AvgIpc) is 3.34. The van der Waals surface area contributed by atoms with Crippen molar-refractivity contribution in [3.8, 4) is 11.5 Å². The number of nitrogens with zero attached hydrogens (tertiary/aromatic N) is 1. The van der Waals surface area contributed by atoms with Crippen LogP contribution in [-0.4, -0.2) is 50.9 Å². The highest BCUT2D eigenvalue weighted by molar-refractivity contribution is 5.71. The normalized spacial score (nSPS) is 21.9. The van der Waals surface area contributed by atoms with Gasteiger partial charge in [-0.2, -0.15) is 13.2 Å². The molecule has 3 aliphatic rings. The number of hydrogen-bond donors (Lipinski definition) is 0. The maximum absolute atomic E-state index is 13.9. The Morgan fingerprint density at radius 1 is 1.14 bits per heavy atom. The van der Waals surface area contributed by atoms with E-state index in [0.717, 1.165) is 23.1 Å². The van der Waals surface area contributed by atoms with Crippen molar-refractivity contribution in [1.82, 2.24) is 4.90 Å². The minimum Gasteiger partial charge on any atom is -0.492 e. The molecule has 6 nitrogen and oxygen atoms in total. The molecular formula is C27H30F3NO5. The fraction of sp³-hybridized carbons (Fsp3) is 0.519. The minimum atomic E-state index is -4.41. The zero-order valence-corrected chi connectivity index (χ0v) is 20.2. The van der Waals surface area contributed by atoms with Crippen molar-refractivity contribution >= 4 is 5.97 Å². The highest BCUT2D eigenvalue weighted by Gasteiger charge is 2.38. The molecular weight excluding hydrogens is 475 g/mol. The lowest BCUT2D eigenvalue weighted by Crippen LogP contribution is -2.28. The van der Waals surface area contributed by atoms with Crippen LogP contribution in [0.5, 0.6) is 11.5 Å².